The zero-order valence-electron chi connectivity index (χ0n) is 10.4. The molecule has 5 heteroatoms. The van der Waals surface area contributed by atoms with Crippen molar-refractivity contribution in [2.45, 2.75) is 39.2 Å². The standard InChI is InChI=1S/C12H21NO3S/c1-8(2)11(12(15)16)13-10(14)7-9-3-5-17-6-4-9/h8-9,11H,3-7H2,1-2H3,(H,13,14)(H,15,16)/t11-/m0/s1. The number of thioether (sulfide) groups is 1. The van der Waals surface area contributed by atoms with Crippen LogP contribution in [0, 0.1) is 11.8 Å². The second-order valence-corrected chi connectivity index (χ2v) is 6.11. The van der Waals surface area contributed by atoms with E-state index < -0.39 is 12.0 Å². The second-order valence-electron chi connectivity index (χ2n) is 4.89. The summed E-state index contributed by atoms with van der Waals surface area (Å²) in [5.74, 6) is 1.50. The van der Waals surface area contributed by atoms with Crippen LogP contribution in [0.5, 0.6) is 0 Å². The van der Waals surface area contributed by atoms with Crippen molar-refractivity contribution in [3.63, 3.8) is 0 Å². The summed E-state index contributed by atoms with van der Waals surface area (Å²) in [6.07, 6.45) is 2.60. The fraction of sp³-hybridized carbons (Fsp3) is 0.833. The monoisotopic (exact) mass is 259 g/mol. The fourth-order valence-electron chi connectivity index (χ4n) is 1.96. The Morgan fingerprint density at radius 2 is 1.94 bits per heavy atom. The molecule has 0 radical (unpaired) electrons. The molecule has 0 saturated carbocycles. The van der Waals surface area contributed by atoms with Gasteiger partial charge in [-0.1, -0.05) is 13.8 Å². The van der Waals surface area contributed by atoms with E-state index in [1.807, 2.05) is 11.8 Å². The van der Waals surface area contributed by atoms with Gasteiger partial charge in [0.15, 0.2) is 0 Å². The van der Waals surface area contributed by atoms with Gasteiger partial charge in [0.2, 0.25) is 5.91 Å². The lowest BCUT2D eigenvalue weighted by molar-refractivity contribution is -0.143. The zero-order chi connectivity index (χ0) is 12.8. The normalized spacial score (nSPS) is 19.0. The summed E-state index contributed by atoms with van der Waals surface area (Å²) in [5.41, 5.74) is 0. The summed E-state index contributed by atoms with van der Waals surface area (Å²) in [7, 11) is 0. The molecule has 1 aliphatic rings. The highest BCUT2D eigenvalue weighted by atomic mass is 32.2. The number of hydrogen-bond acceptors (Lipinski definition) is 3. The molecule has 0 spiro atoms. The number of carbonyl (C=O) groups excluding carboxylic acids is 1. The molecule has 4 nitrogen and oxygen atoms in total. The molecule has 17 heavy (non-hydrogen) atoms. The minimum Gasteiger partial charge on any atom is -0.480 e. The Balaban J connectivity index is 2.38. The zero-order valence-corrected chi connectivity index (χ0v) is 11.3. The van der Waals surface area contributed by atoms with Crippen LogP contribution in [-0.4, -0.2) is 34.5 Å². The molecule has 1 aliphatic heterocycles. The Morgan fingerprint density at radius 3 is 2.41 bits per heavy atom. The summed E-state index contributed by atoms with van der Waals surface area (Å²) in [4.78, 5) is 22.7. The summed E-state index contributed by atoms with van der Waals surface area (Å²) < 4.78 is 0. The van der Waals surface area contributed by atoms with Crippen LogP contribution in [0.4, 0.5) is 0 Å². The molecule has 1 fully saturated rings. The van der Waals surface area contributed by atoms with Crippen molar-refractivity contribution in [2.75, 3.05) is 11.5 Å². The molecule has 98 valence electrons. The molecule has 1 saturated heterocycles. The minimum atomic E-state index is -0.951. The average molecular weight is 259 g/mol. The maximum absolute atomic E-state index is 11.7. The third kappa shape index (κ3) is 4.98. The van der Waals surface area contributed by atoms with Crippen molar-refractivity contribution in [3.8, 4) is 0 Å². The number of carbonyl (C=O) groups is 2. The van der Waals surface area contributed by atoms with Gasteiger partial charge in [-0.3, -0.25) is 4.79 Å². The minimum absolute atomic E-state index is 0.0849. The molecule has 0 aliphatic carbocycles. The third-order valence-electron chi connectivity index (χ3n) is 3.06. The Morgan fingerprint density at radius 1 is 1.35 bits per heavy atom. The highest BCUT2D eigenvalue weighted by Gasteiger charge is 2.25. The smallest absolute Gasteiger partial charge is 0.326 e. The first-order chi connectivity index (χ1) is 8.00. The molecule has 1 amide bonds. The van der Waals surface area contributed by atoms with E-state index in [-0.39, 0.29) is 11.8 Å². The Kier molecular flexibility index (Phi) is 5.82. The summed E-state index contributed by atoms with van der Waals surface area (Å²) in [5, 5.41) is 11.6. The Labute approximate surface area is 107 Å². The van der Waals surface area contributed by atoms with E-state index >= 15 is 0 Å². The molecule has 2 N–H and O–H groups in total. The van der Waals surface area contributed by atoms with E-state index in [0.717, 1.165) is 24.3 Å². The second kappa shape index (κ2) is 6.89. The van der Waals surface area contributed by atoms with Crippen molar-refractivity contribution in [2.24, 2.45) is 11.8 Å². The van der Waals surface area contributed by atoms with E-state index in [4.69, 9.17) is 5.11 Å². The van der Waals surface area contributed by atoms with Crippen LogP contribution < -0.4 is 5.32 Å². The van der Waals surface area contributed by atoms with E-state index in [9.17, 15) is 9.59 Å². The number of aliphatic carboxylic acids is 1. The third-order valence-corrected chi connectivity index (χ3v) is 4.11. The molecular weight excluding hydrogens is 238 g/mol. The predicted octanol–water partition coefficient (Wildman–Crippen LogP) is 1.75. The summed E-state index contributed by atoms with van der Waals surface area (Å²) in [6, 6.07) is -0.763. The first-order valence-corrected chi connectivity index (χ1v) is 7.26. The predicted molar refractivity (Wildman–Crippen MR) is 69.1 cm³/mol. The van der Waals surface area contributed by atoms with Crippen LogP contribution in [0.3, 0.4) is 0 Å². The molecule has 0 unspecified atom stereocenters. The van der Waals surface area contributed by atoms with Crippen LogP contribution in [-0.2, 0) is 9.59 Å². The van der Waals surface area contributed by atoms with E-state index in [2.05, 4.69) is 5.32 Å². The van der Waals surface area contributed by atoms with E-state index in [0.29, 0.717) is 12.3 Å². The van der Waals surface area contributed by atoms with Gasteiger partial charge in [-0.2, -0.15) is 11.8 Å². The van der Waals surface area contributed by atoms with Crippen molar-refractivity contribution >= 4 is 23.6 Å². The topological polar surface area (TPSA) is 66.4 Å². The van der Waals surface area contributed by atoms with Gasteiger partial charge in [0.25, 0.3) is 0 Å². The molecule has 0 aromatic heterocycles. The molecule has 1 atom stereocenters. The summed E-state index contributed by atoms with van der Waals surface area (Å²) >= 11 is 1.92. The number of hydrogen-bond donors (Lipinski definition) is 2. The van der Waals surface area contributed by atoms with Crippen molar-refractivity contribution < 1.29 is 14.7 Å². The van der Waals surface area contributed by atoms with Gasteiger partial charge in [-0.15, -0.1) is 0 Å². The van der Waals surface area contributed by atoms with Gasteiger partial charge in [0.05, 0.1) is 0 Å². The van der Waals surface area contributed by atoms with Crippen LogP contribution >= 0.6 is 11.8 Å². The number of rotatable bonds is 5. The molecular formula is C12H21NO3S. The molecule has 0 bridgehead atoms. The molecule has 1 rings (SSSR count). The number of carboxylic acid groups (broad SMARTS) is 1. The van der Waals surface area contributed by atoms with Crippen LogP contribution in [0.25, 0.3) is 0 Å². The van der Waals surface area contributed by atoms with Crippen molar-refractivity contribution in [1.82, 2.24) is 5.32 Å². The van der Waals surface area contributed by atoms with Gasteiger partial charge >= 0.3 is 5.97 Å². The lowest BCUT2D eigenvalue weighted by atomic mass is 9.97. The van der Waals surface area contributed by atoms with Gasteiger partial charge in [0, 0.05) is 6.42 Å². The molecule has 0 aromatic rings. The number of carboxylic acids is 1. The molecule has 1 heterocycles. The Bertz CT molecular complexity index is 275. The summed E-state index contributed by atoms with van der Waals surface area (Å²) in [6.45, 7) is 3.60. The number of nitrogens with one attached hydrogen (secondary N) is 1. The lowest BCUT2D eigenvalue weighted by Gasteiger charge is -2.23. The van der Waals surface area contributed by atoms with E-state index in [1.165, 1.54) is 0 Å². The fourth-order valence-corrected chi connectivity index (χ4v) is 3.16. The van der Waals surface area contributed by atoms with Crippen LogP contribution in [0.15, 0.2) is 0 Å². The van der Waals surface area contributed by atoms with Gasteiger partial charge in [-0.05, 0) is 36.2 Å². The molecule has 0 aromatic carbocycles. The maximum Gasteiger partial charge on any atom is 0.326 e. The quantitative estimate of drug-likeness (QED) is 0.789. The van der Waals surface area contributed by atoms with Crippen LogP contribution in [0.1, 0.15) is 33.1 Å². The average Bonchev–Trinajstić information content (AvgIpc) is 2.26. The van der Waals surface area contributed by atoms with Crippen molar-refractivity contribution in [3.05, 3.63) is 0 Å². The van der Waals surface area contributed by atoms with E-state index in [1.54, 1.807) is 13.8 Å². The number of amides is 1. The first kappa shape index (κ1) is 14.4. The van der Waals surface area contributed by atoms with Crippen molar-refractivity contribution in [1.29, 1.82) is 0 Å². The SMILES string of the molecule is CC(C)[C@H](NC(=O)CC1CCSCC1)C(=O)O. The van der Waals surface area contributed by atoms with Gasteiger partial charge in [0.1, 0.15) is 6.04 Å². The van der Waals surface area contributed by atoms with Gasteiger partial charge in [-0.25, -0.2) is 4.79 Å². The van der Waals surface area contributed by atoms with Crippen LogP contribution in [0.2, 0.25) is 0 Å². The lowest BCUT2D eigenvalue weighted by Crippen LogP contribution is -2.44. The van der Waals surface area contributed by atoms with Gasteiger partial charge < -0.3 is 10.4 Å². The largest absolute Gasteiger partial charge is 0.480 e. The Hall–Kier alpha value is -0.710. The first-order valence-electron chi connectivity index (χ1n) is 6.10. The highest BCUT2D eigenvalue weighted by molar-refractivity contribution is 7.99. The maximum atomic E-state index is 11.7. The highest BCUT2D eigenvalue weighted by Crippen LogP contribution is 2.25.